The molecule has 0 atom stereocenters. The maximum absolute atomic E-state index is 13.1. The van der Waals surface area contributed by atoms with Crippen molar-refractivity contribution in [1.29, 1.82) is 0 Å². The first-order chi connectivity index (χ1) is 11.6. The second-order valence-corrected chi connectivity index (χ2v) is 5.74. The molecule has 0 bridgehead atoms. The van der Waals surface area contributed by atoms with Gasteiger partial charge in [-0.15, -0.1) is 5.10 Å². The lowest BCUT2D eigenvalue weighted by atomic mass is 10.2. The van der Waals surface area contributed by atoms with Crippen molar-refractivity contribution in [3.05, 3.63) is 47.7 Å². The minimum atomic E-state index is -0.292. The number of hydrogen-bond donors (Lipinski definition) is 1. The Balaban J connectivity index is 1.98. The average molecular weight is 325 g/mol. The fourth-order valence-electron chi connectivity index (χ4n) is 3.03. The molecule has 0 aliphatic carbocycles. The average Bonchev–Trinajstić information content (AvgIpc) is 3.11. The monoisotopic (exact) mass is 325 g/mol. The highest BCUT2D eigenvalue weighted by atomic mass is 19.1. The number of rotatable bonds is 3. The maximum Gasteiger partial charge on any atom is 0.182 e. The summed E-state index contributed by atoms with van der Waals surface area (Å²) in [4.78, 5) is 9.11. The van der Waals surface area contributed by atoms with Crippen LogP contribution in [0.25, 0.3) is 28.1 Å². The van der Waals surface area contributed by atoms with Crippen LogP contribution >= 0.6 is 0 Å². The zero-order chi connectivity index (χ0) is 16.8. The smallest absolute Gasteiger partial charge is 0.182 e. The standard InChI is InChI=1S/C17H16FN5O/c1-10-11(2)22(7-8-24)16-14(10)17-20-15(21-23(17)9-19-16)12-3-5-13(18)6-4-12/h3-6,9,24H,7-8H2,1-2H3. The van der Waals surface area contributed by atoms with E-state index in [0.29, 0.717) is 18.0 Å². The zero-order valence-corrected chi connectivity index (χ0v) is 13.4. The topological polar surface area (TPSA) is 68.2 Å². The van der Waals surface area contributed by atoms with E-state index in [2.05, 4.69) is 15.1 Å². The molecular weight excluding hydrogens is 309 g/mol. The minimum Gasteiger partial charge on any atom is -0.395 e. The van der Waals surface area contributed by atoms with Crippen LogP contribution in [0.3, 0.4) is 0 Å². The summed E-state index contributed by atoms with van der Waals surface area (Å²) in [5.41, 5.74) is 4.35. The molecule has 0 aliphatic heterocycles. The van der Waals surface area contributed by atoms with Crippen LogP contribution in [0.15, 0.2) is 30.6 Å². The van der Waals surface area contributed by atoms with Gasteiger partial charge in [0.05, 0.1) is 12.0 Å². The summed E-state index contributed by atoms with van der Waals surface area (Å²) in [5, 5.41) is 14.7. The molecular formula is C17H16FN5O. The number of fused-ring (bicyclic) bond motifs is 3. The molecule has 0 unspecified atom stereocenters. The quantitative estimate of drug-likeness (QED) is 0.628. The molecule has 4 rings (SSSR count). The van der Waals surface area contributed by atoms with Crippen molar-refractivity contribution < 1.29 is 9.50 Å². The molecule has 1 N–H and O–H groups in total. The normalized spacial score (nSPS) is 11.7. The Morgan fingerprint density at radius 1 is 1.12 bits per heavy atom. The molecule has 0 aliphatic rings. The molecule has 7 heteroatoms. The van der Waals surface area contributed by atoms with Crippen LogP contribution in [-0.2, 0) is 6.54 Å². The number of aromatic nitrogens is 5. The van der Waals surface area contributed by atoms with Gasteiger partial charge in [0.2, 0.25) is 0 Å². The second kappa shape index (κ2) is 5.38. The van der Waals surface area contributed by atoms with Gasteiger partial charge in [0.25, 0.3) is 0 Å². The van der Waals surface area contributed by atoms with Gasteiger partial charge >= 0.3 is 0 Å². The van der Waals surface area contributed by atoms with E-state index in [1.54, 1.807) is 23.0 Å². The van der Waals surface area contributed by atoms with Gasteiger partial charge in [-0.1, -0.05) is 0 Å². The number of aryl methyl sites for hydroxylation is 1. The number of hydrogen-bond acceptors (Lipinski definition) is 4. The van der Waals surface area contributed by atoms with Gasteiger partial charge in [0, 0.05) is 17.8 Å². The molecule has 6 nitrogen and oxygen atoms in total. The molecule has 0 radical (unpaired) electrons. The second-order valence-electron chi connectivity index (χ2n) is 5.74. The van der Waals surface area contributed by atoms with Crippen LogP contribution in [0, 0.1) is 19.7 Å². The number of benzene rings is 1. The number of aliphatic hydroxyl groups excluding tert-OH is 1. The molecule has 0 amide bonds. The highest BCUT2D eigenvalue weighted by Gasteiger charge is 2.18. The van der Waals surface area contributed by atoms with Gasteiger partial charge in [-0.25, -0.2) is 18.9 Å². The van der Waals surface area contributed by atoms with E-state index < -0.39 is 0 Å². The molecule has 3 heterocycles. The van der Waals surface area contributed by atoms with Gasteiger partial charge in [-0.3, -0.25) is 0 Å². The summed E-state index contributed by atoms with van der Waals surface area (Å²) >= 11 is 0. The Bertz CT molecular complexity index is 1050. The molecule has 1 aromatic carbocycles. The van der Waals surface area contributed by atoms with Crippen molar-refractivity contribution in [1.82, 2.24) is 24.1 Å². The van der Waals surface area contributed by atoms with Crippen molar-refractivity contribution in [2.45, 2.75) is 20.4 Å². The molecule has 0 spiro atoms. The van der Waals surface area contributed by atoms with E-state index in [1.165, 1.54) is 12.1 Å². The summed E-state index contributed by atoms with van der Waals surface area (Å²) in [7, 11) is 0. The highest BCUT2D eigenvalue weighted by molar-refractivity contribution is 5.94. The first kappa shape index (κ1) is 14.8. The van der Waals surface area contributed by atoms with Crippen LogP contribution in [0.1, 0.15) is 11.3 Å². The van der Waals surface area contributed by atoms with E-state index in [0.717, 1.165) is 27.9 Å². The van der Waals surface area contributed by atoms with E-state index >= 15 is 0 Å². The van der Waals surface area contributed by atoms with Gasteiger partial charge in [-0.2, -0.15) is 0 Å². The Morgan fingerprint density at radius 2 is 1.88 bits per heavy atom. The van der Waals surface area contributed by atoms with Crippen LogP contribution in [0.2, 0.25) is 0 Å². The Labute approximate surface area is 137 Å². The van der Waals surface area contributed by atoms with Gasteiger partial charge in [-0.05, 0) is 43.7 Å². The Hall–Kier alpha value is -2.80. The summed E-state index contributed by atoms with van der Waals surface area (Å²) < 4.78 is 16.7. The molecule has 0 saturated heterocycles. The molecule has 122 valence electrons. The summed E-state index contributed by atoms with van der Waals surface area (Å²) in [6, 6.07) is 6.09. The Morgan fingerprint density at radius 3 is 2.58 bits per heavy atom. The predicted molar refractivity (Wildman–Crippen MR) is 88.2 cm³/mol. The van der Waals surface area contributed by atoms with Crippen LogP contribution < -0.4 is 0 Å². The summed E-state index contributed by atoms with van der Waals surface area (Å²) in [6.07, 6.45) is 1.62. The summed E-state index contributed by atoms with van der Waals surface area (Å²) in [6.45, 7) is 4.54. The summed E-state index contributed by atoms with van der Waals surface area (Å²) in [5.74, 6) is 0.232. The number of nitrogens with zero attached hydrogens (tertiary/aromatic N) is 5. The number of aliphatic hydroxyl groups is 1. The van der Waals surface area contributed by atoms with Crippen molar-refractivity contribution in [3.8, 4) is 11.4 Å². The third-order valence-electron chi connectivity index (χ3n) is 4.37. The van der Waals surface area contributed by atoms with Crippen LogP contribution in [0.4, 0.5) is 4.39 Å². The van der Waals surface area contributed by atoms with Gasteiger partial charge < -0.3 is 9.67 Å². The Kier molecular flexibility index (Phi) is 3.31. The maximum atomic E-state index is 13.1. The van der Waals surface area contributed by atoms with E-state index in [9.17, 15) is 9.50 Å². The molecule has 0 saturated carbocycles. The third-order valence-corrected chi connectivity index (χ3v) is 4.37. The minimum absolute atomic E-state index is 0.0461. The zero-order valence-electron chi connectivity index (χ0n) is 13.4. The van der Waals surface area contributed by atoms with Crippen LogP contribution in [0.5, 0.6) is 0 Å². The van der Waals surface area contributed by atoms with Crippen LogP contribution in [-0.4, -0.2) is 35.9 Å². The molecule has 3 aromatic heterocycles. The first-order valence-electron chi connectivity index (χ1n) is 7.67. The van der Waals surface area contributed by atoms with E-state index in [4.69, 9.17) is 0 Å². The van der Waals surface area contributed by atoms with E-state index in [-0.39, 0.29) is 12.4 Å². The largest absolute Gasteiger partial charge is 0.395 e. The lowest BCUT2D eigenvalue weighted by Gasteiger charge is -2.04. The van der Waals surface area contributed by atoms with Crippen molar-refractivity contribution in [2.75, 3.05) is 6.61 Å². The molecule has 0 fully saturated rings. The fraction of sp³-hybridized carbons (Fsp3) is 0.235. The first-order valence-corrected chi connectivity index (χ1v) is 7.67. The lowest BCUT2D eigenvalue weighted by molar-refractivity contribution is 0.276. The lowest BCUT2D eigenvalue weighted by Crippen LogP contribution is -2.05. The fourth-order valence-corrected chi connectivity index (χ4v) is 3.03. The SMILES string of the molecule is Cc1c(C)n(CCO)c2ncn3nc(-c4ccc(F)cc4)nc3c12. The van der Waals surface area contributed by atoms with Crippen molar-refractivity contribution in [3.63, 3.8) is 0 Å². The predicted octanol–water partition coefficient (Wildman–Crippen LogP) is 2.49. The van der Waals surface area contributed by atoms with Gasteiger partial charge in [0.1, 0.15) is 17.8 Å². The van der Waals surface area contributed by atoms with Crippen molar-refractivity contribution in [2.24, 2.45) is 0 Å². The van der Waals surface area contributed by atoms with E-state index in [1.807, 2.05) is 18.4 Å². The van der Waals surface area contributed by atoms with Crippen molar-refractivity contribution >= 4 is 16.7 Å². The third kappa shape index (κ3) is 2.09. The molecule has 4 aromatic rings. The molecule has 24 heavy (non-hydrogen) atoms. The van der Waals surface area contributed by atoms with Gasteiger partial charge in [0.15, 0.2) is 11.5 Å². The highest BCUT2D eigenvalue weighted by Crippen LogP contribution is 2.28. The number of halogens is 1.